The maximum absolute atomic E-state index is 13.8. The zero-order valence-electron chi connectivity index (χ0n) is 11.3. The summed E-state index contributed by atoms with van der Waals surface area (Å²) >= 11 is 0. The predicted molar refractivity (Wildman–Crippen MR) is 79.1 cm³/mol. The number of rotatable bonds is 5. The van der Waals surface area contributed by atoms with Crippen LogP contribution < -0.4 is 5.32 Å². The Morgan fingerprint density at radius 3 is 2.81 bits per heavy atom. The average molecular weight is 283 g/mol. The summed E-state index contributed by atoms with van der Waals surface area (Å²) in [5.41, 5.74) is 0.755. The highest BCUT2D eigenvalue weighted by Gasteiger charge is 2.13. The van der Waals surface area contributed by atoms with Crippen LogP contribution in [0.1, 0.15) is 5.89 Å². The predicted octanol–water partition coefficient (Wildman–Crippen LogP) is 3.30. The Labute approximate surface area is 121 Å². The molecule has 0 bridgehead atoms. The minimum Gasteiger partial charge on any atom is -0.338 e. The molecule has 0 aliphatic carbocycles. The van der Waals surface area contributed by atoms with E-state index in [1.165, 1.54) is 6.07 Å². The van der Waals surface area contributed by atoms with Gasteiger partial charge in [-0.3, -0.25) is 0 Å². The second kappa shape index (κ2) is 5.85. The standard InChI is InChI=1S/C16H14FN3O/c1-2-9-18-10-15-19-16(20-21-15)13-7-8-14(17)12-6-4-3-5-11(12)13/h2-8,18H,1,9-10H2. The summed E-state index contributed by atoms with van der Waals surface area (Å²) in [7, 11) is 0. The van der Waals surface area contributed by atoms with E-state index in [0.29, 0.717) is 30.2 Å². The fourth-order valence-electron chi connectivity index (χ4n) is 2.17. The van der Waals surface area contributed by atoms with Gasteiger partial charge in [-0.2, -0.15) is 4.98 Å². The van der Waals surface area contributed by atoms with Crippen LogP contribution in [0.4, 0.5) is 4.39 Å². The van der Waals surface area contributed by atoms with Crippen molar-refractivity contribution in [2.75, 3.05) is 6.54 Å². The first-order valence-corrected chi connectivity index (χ1v) is 6.61. The molecule has 2 aromatic carbocycles. The monoisotopic (exact) mass is 283 g/mol. The van der Waals surface area contributed by atoms with Gasteiger partial charge in [-0.15, -0.1) is 6.58 Å². The Balaban J connectivity index is 1.97. The largest absolute Gasteiger partial charge is 0.338 e. The third kappa shape index (κ3) is 2.68. The van der Waals surface area contributed by atoms with Crippen molar-refractivity contribution in [2.24, 2.45) is 0 Å². The van der Waals surface area contributed by atoms with Crippen LogP contribution in [0.3, 0.4) is 0 Å². The molecule has 0 saturated heterocycles. The van der Waals surface area contributed by atoms with Crippen molar-refractivity contribution in [2.45, 2.75) is 6.54 Å². The Kier molecular flexibility index (Phi) is 3.75. The maximum atomic E-state index is 13.8. The summed E-state index contributed by atoms with van der Waals surface area (Å²) in [4.78, 5) is 4.34. The van der Waals surface area contributed by atoms with Crippen LogP contribution in [0.25, 0.3) is 22.2 Å². The molecule has 106 valence electrons. The zero-order chi connectivity index (χ0) is 14.7. The third-order valence-electron chi connectivity index (χ3n) is 3.14. The number of hydrogen-bond donors (Lipinski definition) is 1. The second-order valence-corrected chi connectivity index (χ2v) is 4.57. The Bertz CT molecular complexity index is 782. The number of nitrogens with zero attached hydrogens (tertiary/aromatic N) is 2. The van der Waals surface area contributed by atoms with Gasteiger partial charge in [0.05, 0.1) is 6.54 Å². The molecule has 0 atom stereocenters. The fraction of sp³-hybridized carbons (Fsp3) is 0.125. The van der Waals surface area contributed by atoms with Gasteiger partial charge in [0.15, 0.2) is 0 Å². The van der Waals surface area contributed by atoms with E-state index >= 15 is 0 Å². The smallest absolute Gasteiger partial charge is 0.240 e. The van der Waals surface area contributed by atoms with Gasteiger partial charge in [-0.05, 0) is 17.5 Å². The summed E-state index contributed by atoms with van der Waals surface area (Å²) < 4.78 is 19.0. The second-order valence-electron chi connectivity index (χ2n) is 4.57. The SMILES string of the molecule is C=CCNCc1nc(-c2ccc(F)c3ccccc23)no1. The Hall–Kier alpha value is -2.53. The molecule has 0 spiro atoms. The summed E-state index contributed by atoms with van der Waals surface area (Å²) in [5, 5.41) is 8.37. The molecule has 0 aliphatic rings. The molecule has 0 fully saturated rings. The quantitative estimate of drug-likeness (QED) is 0.576. The van der Waals surface area contributed by atoms with Gasteiger partial charge in [0.2, 0.25) is 11.7 Å². The molecule has 21 heavy (non-hydrogen) atoms. The highest BCUT2D eigenvalue weighted by molar-refractivity contribution is 5.95. The molecular weight excluding hydrogens is 269 g/mol. The lowest BCUT2D eigenvalue weighted by atomic mass is 10.0. The number of hydrogen-bond acceptors (Lipinski definition) is 4. The van der Waals surface area contributed by atoms with Gasteiger partial charge < -0.3 is 9.84 Å². The molecule has 0 aliphatic heterocycles. The highest BCUT2D eigenvalue weighted by Crippen LogP contribution is 2.28. The summed E-state index contributed by atoms with van der Waals surface area (Å²) in [5.74, 6) is 0.688. The molecular formula is C16H14FN3O. The van der Waals surface area contributed by atoms with E-state index < -0.39 is 0 Å². The number of nitrogens with one attached hydrogen (secondary N) is 1. The number of halogens is 1. The van der Waals surface area contributed by atoms with Crippen LogP contribution >= 0.6 is 0 Å². The lowest BCUT2D eigenvalue weighted by Gasteiger charge is -2.03. The molecule has 1 heterocycles. The van der Waals surface area contributed by atoms with Gasteiger partial charge >= 0.3 is 0 Å². The van der Waals surface area contributed by atoms with Crippen molar-refractivity contribution in [3.63, 3.8) is 0 Å². The first kappa shape index (κ1) is 13.5. The number of aromatic nitrogens is 2. The van der Waals surface area contributed by atoms with Gasteiger partial charge in [-0.25, -0.2) is 4.39 Å². The molecule has 0 saturated carbocycles. The summed E-state index contributed by atoms with van der Waals surface area (Å²) in [6.45, 7) is 4.76. The number of fused-ring (bicyclic) bond motifs is 1. The van der Waals surface area contributed by atoms with E-state index in [2.05, 4.69) is 22.0 Å². The first-order valence-electron chi connectivity index (χ1n) is 6.61. The molecule has 3 rings (SSSR count). The first-order chi connectivity index (χ1) is 10.3. The van der Waals surface area contributed by atoms with Gasteiger partial charge in [0, 0.05) is 17.5 Å². The third-order valence-corrected chi connectivity index (χ3v) is 3.14. The Morgan fingerprint density at radius 2 is 2.00 bits per heavy atom. The molecule has 1 N–H and O–H groups in total. The maximum Gasteiger partial charge on any atom is 0.240 e. The summed E-state index contributed by atoms with van der Waals surface area (Å²) in [6, 6.07) is 10.3. The molecule has 0 radical (unpaired) electrons. The van der Waals surface area contributed by atoms with Crippen LogP contribution in [-0.4, -0.2) is 16.7 Å². The minimum absolute atomic E-state index is 0.259. The Morgan fingerprint density at radius 1 is 1.19 bits per heavy atom. The van der Waals surface area contributed by atoms with Crippen molar-refractivity contribution < 1.29 is 8.91 Å². The average Bonchev–Trinajstić information content (AvgIpc) is 2.97. The van der Waals surface area contributed by atoms with Gasteiger partial charge in [0.25, 0.3) is 0 Å². The van der Waals surface area contributed by atoms with Crippen LogP contribution in [-0.2, 0) is 6.54 Å². The molecule has 0 amide bonds. The lowest BCUT2D eigenvalue weighted by Crippen LogP contribution is -2.12. The van der Waals surface area contributed by atoms with Crippen LogP contribution in [0.15, 0.2) is 53.6 Å². The van der Waals surface area contributed by atoms with E-state index in [1.807, 2.05) is 12.1 Å². The molecule has 4 nitrogen and oxygen atoms in total. The topological polar surface area (TPSA) is 51.0 Å². The van der Waals surface area contributed by atoms with Crippen molar-refractivity contribution >= 4 is 10.8 Å². The van der Waals surface area contributed by atoms with E-state index in [-0.39, 0.29) is 5.82 Å². The van der Waals surface area contributed by atoms with Gasteiger partial charge in [-0.1, -0.05) is 35.5 Å². The molecule has 3 aromatic rings. The fourth-order valence-corrected chi connectivity index (χ4v) is 2.17. The van der Waals surface area contributed by atoms with Crippen molar-refractivity contribution in [3.8, 4) is 11.4 Å². The molecule has 1 aromatic heterocycles. The zero-order valence-corrected chi connectivity index (χ0v) is 11.3. The van der Waals surface area contributed by atoms with E-state index in [0.717, 1.165) is 10.9 Å². The molecule has 0 unspecified atom stereocenters. The van der Waals surface area contributed by atoms with E-state index in [4.69, 9.17) is 4.52 Å². The van der Waals surface area contributed by atoms with Crippen LogP contribution in [0.5, 0.6) is 0 Å². The lowest BCUT2D eigenvalue weighted by molar-refractivity contribution is 0.370. The normalized spacial score (nSPS) is 10.9. The number of benzene rings is 2. The highest BCUT2D eigenvalue weighted by atomic mass is 19.1. The minimum atomic E-state index is -0.259. The van der Waals surface area contributed by atoms with Crippen molar-refractivity contribution in [3.05, 3.63) is 60.8 Å². The van der Waals surface area contributed by atoms with Gasteiger partial charge in [0.1, 0.15) is 5.82 Å². The van der Waals surface area contributed by atoms with Crippen molar-refractivity contribution in [1.29, 1.82) is 0 Å². The van der Waals surface area contributed by atoms with E-state index in [1.54, 1.807) is 24.3 Å². The van der Waals surface area contributed by atoms with Crippen LogP contribution in [0, 0.1) is 5.82 Å². The molecule has 5 heteroatoms. The van der Waals surface area contributed by atoms with E-state index in [9.17, 15) is 4.39 Å². The van der Waals surface area contributed by atoms with Crippen molar-refractivity contribution in [1.82, 2.24) is 15.5 Å². The summed E-state index contributed by atoms with van der Waals surface area (Å²) in [6.07, 6.45) is 1.75. The van der Waals surface area contributed by atoms with Crippen LogP contribution in [0.2, 0.25) is 0 Å².